The van der Waals surface area contributed by atoms with Gasteiger partial charge in [0.2, 0.25) is 6.79 Å². The first-order valence-electron chi connectivity index (χ1n) is 10.4. The number of nitrogens with one attached hydrogen (secondary N) is 1. The summed E-state index contributed by atoms with van der Waals surface area (Å²) in [5.41, 5.74) is 1.13. The van der Waals surface area contributed by atoms with Gasteiger partial charge in [-0.05, 0) is 53.8 Å². The summed E-state index contributed by atoms with van der Waals surface area (Å²) in [5.74, 6) is -0.110. The number of hydrogen-bond acceptors (Lipinski definition) is 7. The first kappa shape index (κ1) is 22.7. The lowest BCUT2D eigenvalue weighted by molar-refractivity contribution is -0.139. The molecule has 172 valence electrons. The molecule has 10 heteroatoms. The van der Waals surface area contributed by atoms with E-state index in [4.69, 9.17) is 9.47 Å². The molecular weight excluding hydrogens is 448 g/mol. The minimum Gasteiger partial charge on any atom is -0.480 e. The number of carbonyl (C=O) groups excluding carboxylic acids is 3. The third-order valence-electron chi connectivity index (χ3n) is 5.37. The Bertz CT molecular complexity index is 1130. The van der Waals surface area contributed by atoms with Crippen LogP contribution in [0, 0.1) is 0 Å². The van der Waals surface area contributed by atoms with E-state index in [1.54, 1.807) is 30.0 Å². The number of thioether (sulfide) groups is 1. The third-order valence-corrected chi connectivity index (χ3v) is 6.30. The maximum Gasteiger partial charge on any atom is 0.326 e. The van der Waals surface area contributed by atoms with Crippen LogP contribution in [0.3, 0.4) is 0 Å². The van der Waals surface area contributed by atoms with Gasteiger partial charge in [0, 0.05) is 5.56 Å². The Morgan fingerprint density at radius 2 is 1.85 bits per heavy atom. The van der Waals surface area contributed by atoms with Gasteiger partial charge in [0.05, 0.1) is 17.7 Å². The molecule has 1 atom stereocenters. The van der Waals surface area contributed by atoms with Gasteiger partial charge < -0.3 is 19.9 Å². The standard InChI is InChI=1S/C23H22N2O7S/c1-2-33-8-7-17(23(29)30)24-20(26)14-4-5-15-16(10-14)22(28)25(21(15)27)11-13-3-6-18-19(9-13)32-12-31-18/h3-6,9-10,17H,2,7-8,11-12H2,1H3,(H,24,26)(H,29,30). The van der Waals surface area contributed by atoms with Gasteiger partial charge in [0.15, 0.2) is 11.5 Å². The number of carbonyl (C=O) groups is 4. The van der Waals surface area contributed by atoms with Crippen LogP contribution < -0.4 is 14.8 Å². The second-order valence-corrected chi connectivity index (χ2v) is 8.89. The van der Waals surface area contributed by atoms with Crippen LogP contribution in [0.1, 0.15) is 50.0 Å². The number of carboxylic acid groups (broad SMARTS) is 1. The maximum atomic E-state index is 12.9. The zero-order chi connectivity index (χ0) is 23.5. The molecule has 2 aromatic rings. The summed E-state index contributed by atoms with van der Waals surface area (Å²) < 4.78 is 10.6. The van der Waals surface area contributed by atoms with Crippen LogP contribution in [0.4, 0.5) is 0 Å². The molecule has 0 aliphatic carbocycles. The fraction of sp³-hybridized carbons (Fsp3) is 0.304. The van der Waals surface area contributed by atoms with Crippen molar-refractivity contribution in [3.63, 3.8) is 0 Å². The van der Waals surface area contributed by atoms with Crippen molar-refractivity contribution in [1.29, 1.82) is 0 Å². The predicted molar refractivity (Wildman–Crippen MR) is 120 cm³/mol. The topological polar surface area (TPSA) is 122 Å². The van der Waals surface area contributed by atoms with E-state index in [2.05, 4.69) is 5.32 Å². The summed E-state index contributed by atoms with van der Waals surface area (Å²) in [6.45, 7) is 2.13. The van der Waals surface area contributed by atoms with Gasteiger partial charge >= 0.3 is 5.97 Å². The van der Waals surface area contributed by atoms with Crippen LogP contribution >= 0.6 is 11.8 Å². The quantitative estimate of drug-likeness (QED) is 0.424. The number of ether oxygens (including phenoxy) is 2. The van der Waals surface area contributed by atoms with Crippen molar-refractivity contribution in [2.75, 3.05) is 18.3 Å². The molecule has 2 N–H and O–H groups in total. The second-order valence-electron chi connectivity index (χ2n) is 7.49. The lowest BCUT2D eigenvalue weighted by Crippen LogP contribution is -2.41. The third kappa shape index (κ3) is 4.65. The summed E-state index contributed by atoms with van der Waals surface area (Å²) in [7, 11) is 0. The molecule has 9 nitrogen and oxygen atoms in total. The van der Waals surface area contributed by atoms with Crippen molar-refractivity contribution in [2.24, 2.45) is 0 Å². The van der Waals surface area contributed by atoms with E-state index in [0.29, 0.717) is 22.8 Å². The minimum atomic E-state index is -1.12. The molecule has 33 heavy (non-hydrogen) atoms. The Hall–Kier alpha value is -3.53. The lowest BCUT2D eigenvalue weighted by Gasteiger charge is -2.14. The average molecular weight is 471 g/mol. The van der Waals surface area contributed by atoms with Crippen LogP contribution in [-0.2, 0) is 11.3 Å². The van der Waals surface area contributed by atoms with Crippen LogP contribution in [-0.4, -0.2) is 58.0 Å². The summed E-state index contributed by atoms with van der Waals surface area (Å²) >= 11 is 1.58. The zero-order valence-electron chi connectivity index (χ0n) is 17.8. The highest BCUT2D eigenvalue weighted by molar-refractivity contribution is 7.99. The first-order chi connectivity index (χ1) is 15.9. The van der Waals surface area contributed by atoms with E-state index in [1.807, 2.05) is 6.92 Å². The van der Waals surface area contributed by atoms with Crippen molar-refractivity contribution in [3.05, 3.63) is 58.7 Å². The van der Waals surface area contributed by atoms with Crippen molar-refractivity contribution < 1.29 is 33.8 Å². The van der Waals surface area contributed by atoms with Gasteiger partial charge in [-0.15, -0.1) is 0 Å². The molecule has 0 saturated heterocycles. The number of aliphatic carboxylic acids is 1. The van der Waals surface area contributed by atoms with Crippen LogP contribution in [0.5, 0.6) is 11.5 Å². The second kappa shape index (κ2) is 9.53. The maximum absolute atomic E-state index is 12.9. The Kier molecular flexibility index (Phi) is 6.55. The molecule has 0 bridgehead atoms. The van der Waals surface area contributed by atoms with E-state index < -0.39 is 29.7 Å². The van der Waals surface area contributed by atoms with Gasteiger partial charge in [0.1, 0.15) is 6.04 Å². The number of imide groups is 1. The number of benzene rings is 2. The molecular formula is C23H22N2O7S. The number of amides is 3. The van der Waals surface area contributed by atoms with E-state index in [-0.39, 0.29) is 36.4 Å². The lowest BCUT2D eigenvalue weighted by atomic mass is 10.0. The molecule has 2 aromatic carbocycles. The van der Waals surface area contributed by atoms with E-state index in [0.717, 1.165) is 10.7 Å². The summed E-state index contributed by atoms with van der Waals surface area (Å²) in [5, 5.41) is 11.9. The molecule has 2 heterocycles. The van der Waals surface area contributed by atoms with Crippen molar-refractivity contribution in [2.45, 2.75) is 25.9 Å². The normalized spacial score (nSPS) is 14.9. The molecule has 0 spiro atoms. The van der Waals surface area contributed by atoms with Crippen LogP contribution in [0.25, 0.3) is 0 Å². The van der Waals surface area contributed by atoms with Gasteiger partial charge in [-0.1, -0.05) is 13.0 Å². The van der Waals surface area contributed by atoms with E-state index in [9.17, 15) is 24.3 Å². The largest absolute Gasteiger partial charge is 0.480 e. The van der Waals surface area contributed by atoms with Crippen molar-refractivity contribution in [3.8, 4) is 11.5 Å². The van der Waals surface area contributed by atoms with Crippen molar-refractivity contribution >= 4 is 35.5 Å². The van der Waals surface area contributed by atoms with Crippen molar-refractivity contribution in [1.82, 2.24) is 10.2 Å². The van der Waals surface area contributed by atoms with Gasteiger partial charge in [-0.2, -0.15) is 11.8 Å². The highest BCUT2D eigenvalue weighted by Gasteiger charge is 2.36. The highest BCUT2D eigenvalue weighted by atomic mass is 32.2. The minimum absolute atomic E-state index is 0.0424. The molecule has 2 aliphatic rings. The SMILES string of the molecule is CCSCCC(NC(=O)c1ccc2c(c1)C(=O)N(Cc1ccc3c(c1)OCO3)C2=O)C(=O)O. The van der Waals surface area contributed by atoms with E-state index in [1.165, 1.54) is 18.2 Å². The molecule has 0 aromatic heterocycles. The number of hydrogen-bond donors (Lipinski definition) is 2. The monoisotopic (exact) mass is 470 g/mol. The fourth-order valence-electron chi connectivity index (χ4n) is 3.64. The van der Waals surface area contributed by atoms with Gasteiger partial charge in [-0.3, -0.25) is 19.3 Å². The number of nitrogens with zero attached hydrogens (tertiary/aromatic N) is 1. The molecule has 0 radical (unpaired) electrons. The molecule has 1 unspecified atom stereocenters. The van der Waals surface area contributed by atoms with Gasteiger partial charge in [-0.25, -0.2) is 4.79 Å². The molecule has 0 fully saturated rings. The Labute approximate surface area is 194 Å². The summed E-state index contributed by atoms with van der Waals surface area (Å²) in [6, 6.07) is 8.33. The fourth-order valence-corrected chi connectivity index (χ4v) is 4.33. The molecule has 4 rings (SSSR count). The molecule has 0 saturated carbocycles. The summed E-state index contributed by atoms with van der Waals surface area (Å²) in [6.07, 6.45) is 0.283. The predicted octanol–water partition coefficient (Wildman–Crippen LogP) is 2.54. The number of fused-ring (bicyclic) bond motifs is 2. The molecule has 3 amide bonds. The zero-order valence-corrected chi connectivity index (χ0v) is 18.6. The number of rotatable bonds is 9. The summed E-state index contributed by atoms with van der Waals surface area (Å²) in [4.78, 5) is 51.0. The average Bonchev–Trinajstić information content (AvgIpc) is 3.36. The smallest absolute Gasteiger partial charge is 0.326 e. The van der Waals surface area contributed by atoms with Gasteiger partial charge in [0.25, 0.3) is 17.7 Å². The first-order valence-corrected chi connectivity index (χ1v) is 11.5. The molecule has 2 aliphatic heterocycles. The highest BCUT2D eigenvalue weighted by Crippen LogP contribution is 2.34. The Morgan fingerprint density at radius 3 is 2.61 bits per heavy atom. The van der Waals surface area contributed by atoms with Crippen LogP contribution in [0.2, 0.25) is 0 Å². The van der Waals surface area contributed by atoms with Crippen LogP contribution in [0.15, 0.2) is 36.4 Å². The Morgan fingerprint density at radius 1 is 1.09 bits per heavy atom. The van der Waals surface area contributed by atoms with E-state index >= 15 is 0 Å². The number of carboxylic acids is 1. The Balaban J connectivity index is 1.48.